The molecule has 0 unspecified atom stereocenters. The minimum atomic E-state index is 0.241. The third kappa shape index (κ3) is 2.99. The Morgan fingerprint density at radius 3 is 2.67 bits per heavy atom. The Balaban J connectivity index is 1.94. The lowest BCUT2D eigenvalue weighted by molar-refractivity contribution is -0.117. The molecule has 2 nitrogen and oxygen atoms in total. The predicted molar refractivity (Wildman–Crippen MR) is 61.0 cm³/mol. The van der Waals surface area contributed by atoms with Gasteiger partial charge >= 0.3 is 0 Å². The Kier molecular flexibility index (Phi) is 3.25. The lowest BCUT2D eigenvalue weighted by atomic mass is 10.1. The van der Waals surface area contributed by atoms with Gasteiger partial charge in [0, 0.05) is 23.9 Å². The van der Waals surface area contributed by atoms with Crippen molar-refractivity contribution in [1.82, 2.24) is 4.98 Å². The summed E-state index contributed by atoms with van der Waals surface area (Å²) in [6.45, 7) is 0. The first kappa shape index (κ1) is 10.1. The number of benzene rings is 1. The minimum Gasteiger partial charge on any atom is -0.299 e. The topological polar surface area (TPSA) is 30.0 Å². The van der Waals surface area contributed by atoms with Gasteiger partial charge in [-0.15, -0.1) is 11.3 Å². The largest absolute Gasteiger partial charge is 0.299 e. The smallest absolute Gasteiger partial charge is 0.142 e. The van der Waals surface area contributed by atoms with Gasteiger partial charge in [-0.05, 0) is 5.56 Å². The van der Waals surface area contributed by atoms with Crippen molar-refractivity contribution >= 4 is 17.1 Å². The SMILES string of the molecule is O=C(Cc1ccccc1)Cc1cncs1. The number of aromatic nitrogens is 1. The summed E-state index contributed by atoms with van der Waals surface area (Å²) in [5.74, 6) is 0.241. The zero-order valence-corrected chi connectivity index (χ0v) is 9.04. The van der Waals surface area contributed by atoms with Crippen LogP contribution in [0, 0.1) is 0 Å². The molecule has 2 rings (SSSR count). The number of Topliss-reactive ketones (excluding diaryl/α,β-unsaturated/α-hetero) is 1. The molecule has 1 heterocycles. The molecule has 0 spiro atoms. The molecule has 15 heavy (non-hydrogen) atoms. The third-order valence-electron chi connectivity index (χ3n) is 2.10. The number of hydrogen-bond donors (Lipinski definition) is 0. The molecule has 0 saturated carbocycles. The maximum absolute atomic E-state index is 11.7. The second-order valence-corrected chi connectivity index (χ2v) is 4.32. The minimum absolute atomic E-state index is 0.241. The van der Waals surface area contributed by atoms with Crippen molar-refractivity contribution in [2.45, 2.75) is 12.8 Å². The summed E-state index contributed by atoms with van der Waals surface area (Å²) >= 11 is 1.53. The van der Waals surface area contributed by atoms with Gasteiger partial charge in [0.1, 0.15) is 5.78 Å². The van der Waals surface area contributed by atoms with E-state index in [0.717, 1.165) is 10.4 Å². The van der Waals surface area contributed by atoms with Gasteiger partial charge in [-0.2, -0.15) is 0 Å². The summed E-state index contributed by atoms with van der Waals surface area (Å²) in [5.41, 5.74) is 2.83. The number of thiazole rings is 1. The van der Waals surface area contributed by atoms with Crippen LogP contribution in [0.4, 0.5) is 0 Å². The summed E-state index contributed by atoms with van der Waals surface area (Å²) in [4.78, 5) is 16.6. The van der Waals surface area contributed by atoms with E-state index in [4.69, 9.17) is 0 Å². The molecule has 0 aliphatic rings. The van der Waals surface area contributed by atoms with Crippen molar-refractivity contribution in [2.24, 2.45) is 0 Å². The zero-order valence-electron chi connectivity index (χ0n) is 8.22. The number of carbonyl (C=O) groups excluding carboxylic acids is 1. The monoisotopic (exact) mass is 217 g/mol. The maximum Gasteiger partial charge on any atom is 0.142 e. The quantitative estimate of drug-likeness (QED) is 0.787. The lowest BCUT2D eigenvalue weighted by Gasteiger charge is -1.98. The average molecular weight is 217 g/mol. The van der Waals surface area contributed by atoms with E-state index >= 15 is 0 Å². The fourth-order valence-electron chi connectivity index (χ4n) is 1.41. The van der Waals surface area contributed by atoms with Crippen molar-refractivity contribution in [3.8, 4) is 0 Å². The highest BCUT2D eigenvalue weighted by atomic mass is 32.1. The Hall–Kier alpha value is -1.48. The first-order valence-corrected chi connectivity index (χ1v) is 5.65. The van der Waals surface area contributed by atoms with E-state index < -0.39 is 0 Å². The molecule has 0 atom stereocenters. The van der Waals surface area contributed by atoms with Crippen molar-refractivity contribution < 1.29 is 4.79 Å². The van der Waals surface area contributed by atoms with Gasteiger partial charge in [0.15, 0.2) is 0 Å². The molecule has 0 amide bonds. The van der Waals surface area contributed by atoms with Crippen LogP contribution in [0.3, 0.4) is 0 Å². The van der Waals surface area contributed by atoms with E-state index in [1.807, 2.05) is 30.3 Å². The highest BCUT2D eigenvalue weighted by Crippen LogP contribution is 2.09. The van der Waals surface area contributed by atoms with Crippen LogP contribution in [0.15, 0.2) is 42.0 Å². The maximum atomic E-state index is 11.7. The Morgan fingerprint density at radius 2 is 2.00 bits per heavy atom. The third-order valence-corrected chi connectivity index (χ3v) is 2.88. The van der Waals surface area contributed by atoms with Crippen LogP contribution in [0.1, 0.15) is 10.4 Å². The summed E-state index contributed by atoms with van der Waals surface area (Å²) in [7, 11) is 0. The van der Waals surface area contributed by atoms with Crippen LogP contribution in [0.25, 0.3) is 0 Å². The first-order chi connectivity index (χ1) is 7.34. The van der Waals surface area contributed by atoms with Crippen LogP contribution in [0.5, 0.6) is 0 Å². The van der Waals surface area contributed by atoms with Gasteiger partial charge in [-0.1, -0.05) is 30.3 Å². The molecule has 2 aromatic rings. The van der Waals surface area contributed by atoms with E-state index in [1.165, 1.54) is 11.3 Å². The molecule has 1 aromatic carbocycles. The van der Waals surface area contributed by atoms with E-state index in [0.29, 0.717) is 12.8 Å². The fourth-order valence-corrected chi connectivity index (χ4v) is 2.03. The Labute approximate surface area is 92.6 Å². The number of rotatable bonds is 4. The molecule has 0 aliphatic carbocycles. The van der Waals surface area contributed by atoms with Crippen molar-refractivity contribution in [2.75, 3.05) is 0 Å². The number of nitrogens with zero attached hydrogens (tertiary/aromatic N) is 1. The molecule has 0 saturated heterocycles. The van der Waals surface area contributed by atoms with Gasteiger partial charge in [0.25, 0.3) is 0 Å². The molecule has 1 aromatic heterocycles. The predicted octanol–water partition coefficient (Wildman–Crippen LogP) is 2.50. The molecule has 0 fully saturated rings. The van der Waals surface area contributed by atoms with Crippen molar-refractivity contribution in [1.29, 1.82) is 0 Å². The average Bonchev–Trinajstić information content (AvgIpc) is 2.71. The van der Waals surface area contributed by atoms with Crippen LogP contribution in [-0.2, 0) is 17.6 Å². The molecule has 0 bridgehead atoms. The molecular formula is C12H11NOS. The number of carbonyl (C=O) groups is 1. The second-order valence-electron chi connectivity index (χ2n) is 3.35. The summed E-state index contributed by atoms with van der Waals surface area (Å²) in [6, 6.07) is 9.82. The van der Waals surface area contributed by atoms with Crippen LogP contribution < -0.4 is 0 Å². The van der Waals surface area contributed by atoms with E-state index in [1.54, 1.807) is 11.7 Å². The Morgan fingerprint density at radius 1 is 1.20 bits per heavy atom. The van der Waals surface area contributed by atoms with Gasteiger partial charge in [-0.25, -0.2) is 0 Å². The molecule has 0 aliphatic heterocycles. The van der Waals surface area contributed by atoms with E-state index in [9.17, 15) is 4.79 Å². The van der Waals surface area contributed by atoms with Gasteiger partial charge in [-0.3, -0.25) is 9.78 Å². The molecule has 0 radical (unpaired) electrons. The van der Waals surface area contributed by atoms with Crippen LogP contribution >= 0.6 is 11.3 Å². The van der Waals surface area contributed by atoms with Gasteiger partial charge in [0.2, 0.25) is 0 Å². The van der Waals surface area contributed by atoms with Crippen molar-refractivity contribution in [3.05, 3.63) is 52.5 Å². The van der Waals surface area contributed by atoms with Crippen LogP contribution in [0.2, 0.25) is 0 Å². The second kappa shape index (κ2) is 4.84. The number of ketones is 1. The number of hydrogen-bond acceptors (Lipinski definition) is 3. The normalized spacial score (nSPS) is 10.1. The lowest BCUT2D eigenvalue weighted by Crippen LogP contribution is -2.05. The molecule has 0 N–H and O–H groups in total. The highest BCUT2D eigenvalue weighted by molar-refractivity contribution is 7.09. The van der Waals surface area contributed by atoms with Gasteiger partial charge < -0.3 is 0 Å². The summed E-state index contributed by atoms with van der Waals surface area (Å²) in [5, 5.41) is 0. The standard InChI is InChI=1S/C12H11NOS/c14-11(7-12-8-13-9-15-12)6-10-4-2-1-3-5-10/h1-5,8-9H,6-7H2. The molecule has 3 heteroatoms. The molecular weight excluding hydrogens is 206 g/mol. The van der Waals surface area contributed by atoms with E-state index in [2.05, 4.69) is 4.98 Å². The fraction of sp³-hybridized carbons (Fsp3) is 0.167. The molecule has 76 valence electrons. The Bertz CT molecular complexity index is 422. The highest BCUT2D eigenvalue weighted by Gasteiger charge is 2.05. The van der Waals surface area contributed by atoms with Crippen LogP contribution in [-0.4, -0.2) is 10.8 Å². The zero-order chi connectivity index (χ0) is 10.5. The summed E-state index contributed by atoms with van der Waals surface area (Å²) in [6.07, 6.45) is 2.77. The first-order valence-electron chi connectivity index (χ1n) is 4.77. The van der Waals surface area contributed by atoms with E-state index in [-0.39, 0.29) is 5.78 Å². The van der Waals surface area contributed by atoms with Gasteiger partial charge in [0.05, 0.1) is 5.51 Å². The van der Waals surface area contributed by atoms with Crippen molar-refractivity contribution in [3.63, 3.8) is 0 Å². The summed E-state index contributed by atoms with van der Waals surface area (Å²) < 4.78 is 0.